The summed E-state index contributed by atoms with van der Waals surface area (Å²) < 4.78 is 37.9. The van der Waals surface area contributed by atoms with E-state index in [1.807, 2.05) is 0 Å². The van der Waals surface area contributed by atoms with Crippen LogP contribution >= 0.6 is 22.9 Å². The van der Waals surface area contributed by atoms with Gasteiger partial charge in [-0.25, -0.2) is 4.98 Å². The Morgan fingerprint density at radius 3 is 2.72 bits per heavy atom. The van der Waals surface area contributed by atoms with E-state index in [1.54, 1.807) is 17.5 Å². The molecule has 0 aliphatic carbocycles. The summed E-state index contributed by atoms with van der Waals surface area (Å²) in [5.41, 5.74) is 3.58. The van der Waals surface area contributed by atoms with Gasteiger partial charge < -0.3 is 10.2 Å². The van der Waals surface area contributed by atoms with Gasteiger partial charge in [0.15, 0.2) is 6.10 Å². The van der Waals surface area contributed by atoms with E-state index in [0.29, 0.717) is 11.1 Å². The van der Waals surface area contributed by atoms with E-state index in [2.05, 4.69) is 26.3 Å². The second-order valence-electron chi connectivity index (χ2n) is 5.79. The van der Waals surface area contributed by atoms with Crippen LogP contribution in [-0.4, -0.2) is 35.2 Å². The molecule has 0 bridgehead atoms. The van der Waals surface area contributed by atoms with Crippen LogP contribution in [0.5, 0.6) is 0 Å². The molecule has 1 atom stereocenters. The molecule has 0 aromatic carbocycles. The maximum atomic E-state index is 12.6. The topological polar surface area (TPSA) is 105 Å². The monoisotopic (exact) mass is 447 g/mol. The third-order valence-electron chi connectivity index (χ3n) is 3.70. The molecular weight excluding hydrogens is 435 g/mol. The van der Waals surface area contributed by atoms with Gasteiger partial charge in [0.1, 0.15) is 11.5 Å². The zero-order valence-electron chi connectivity index (χ0n) is 14.4. The molecule has 0 saturated heterocycles. The van der Waals surface area contributed by atoms with Gasteiger partial charge in [0, 0.05) is 12.6 Å². The quantitative estimate of drug-likeness (QED) is 0.611. The maximum Gasteiger partial charge on any atom is 0.417 e. The van der Waals surface area contributed by atoms with E-state index in [4.69, 9.17) is 16.4 Å². The average Bonchev–Trinajstić information content (AvgIpc) is 3.36. The molecule has 3 N–H and O–H groups in total. The molecule has 2 amide bonds. The van der Waals surface area contributed by atoms with Gasteiger partial charge in [-0.2, -0.15) is 13.2 Å². The number of carbonyl (C=O) groups excluding carboxylic acids is 2. The standard InChI is InChI=1S/C16H13ClF3N5O3S/c17-10-4-8(16(18,19)20)6-21-13(10)22-7-9-5-11(25-28-9)14(26)23-24-15(27)12-2-1-3-29-12/h1-4,6,9H,5,7H2,(H,21,22)(H,23,26)(H,24,27). The van der Waals surface area contributed by atoms with Crippen molar-refractivity contribution in [1.29, 1.82) is 0 Å². The first kappa shape index (κ1) is 20.9. The number of alkyl halides is 3. The van der Waals surface area contributed by atoms with Gasteiger partial charge >= 0.3 is 6.18 Å². The predicted octanol–water partition coefficient (Wildman–Crippen LogP) is 2.83. The number of pyridine rings is 1. The number of nitrogens with zero attached hydrogens (tertiary/aromatic N) is 2. The summed E-state index contributed by atoms with van der Waals surface area (Å²) in [5.74, 6) is -1.05. The fourth-order valence-corrected chi connectivity index (χ4v) is 3.11. The number of aromatic nitrogens is 1. The largest absolute Gasteiger partial charge is 0.417 e. The number of anilines is 1. The zero-order chi connectivity index (χ0) is 21.0. The molecule has 154 valence electrons. The van der Waals surface area contributed by atoms with Crippen molar-refractivity contribution < 1.29 is 27.6 Å². The Bertz CT molecular complexity index is 936. The fourth-order valence-electron chi connectivity index (χ4n) is 2.26. The molecule has 1 aliphatic rings. The van der Waals surface area contributed by atoms with Crippen molar-refractivity contribution in [1.82, 2.24) is 15.8 Å². The fraction of sp³-hybridized carbons (Fsp3) is 0.250. The van der Waals surface area contributed by atoms with E-state index in [0.717, 1.165) is 6.07 Å². The number of thiophene rings is 1. The van der Waals surface area contributed by atoms with Crippen molar-refractivity contribution >= 4 is 46.3 Å². The molecule has 13 heteroatoms. The van der Waals surface area contributed by atoms with Crippen LogP contribution in [-0.2, 0) is 15.8 Å². The van der Waals surface area contributed by atoms with Gasteiger partial charge in [-0.15, -0.1) is 11.3 Å². The van der Waals surface area contributed by atoms with Crippen LogP contribution < -0.4 is 16.2 Å². The van der Waals surface area contributed by atoms with Gasteiger partial charge in [-0.1, -0.05) is 22.8 Å². The van der Waals surface area contributed by atoms with Gasteiger partial charge in [0.05, 0.1) is 22.0 Å². The molecule has 0 spiro atoms. The Labute approximate surface area is 171 Å². The summed E-state index contributed by atoms with van der Waals surface area (Å²) in [4.78, 5) is 33.0. The van der Waals surface area contributed by atoms with Crippen LogP contribution in [0.2, 0.25) is 5.02 Å². The number of carbonyl (C=O) groups is 2. The lowest BCUT2D eigenvalue weighted by Crippen LogP contribution is -2.44. The van der Waals surface area contributed by atoms with Gasteiger partial charge in [-0.05, 0) is 17.5 Å². The van der Waals surface area contributed by atoms with E-state index < -0.39 is 29.7 Å². The summed E-state index contributed by atoms with van der Waals surface area (Å²) in [5, 5.41) is 7.93. The van der Waals surface area contributed by atoms with Crippen LogP contribution in [0.25, 0.3) is 0 Å². The van der Waals surface area contributed by atoms with Crippen LogP contribution in [0.3, 0.4) is 0 Å². The van der Waals surface area contributed by atoms with E-state index in [9.17, 15) is 22.8 Å². The molecule has 3 rings (SSSR count). The highest BCUT2D eigenvalue weighted by Gasteiger charge is 2.32. The number of hydrogen-bond donors (Lipinski definition) is 3. The highest BCUT2D eigenvalue weighted by atomic mass is 35.5. The highest BCUT2D eigenvalue weighted by Crippen LogP contribution is 2.32. The molecule has 1 unspecified atom stereocenters. The van der Waals surface area contributed by atoms with Crippen molar-refractivity contribution in [3.63, 3.8) is 0 Å². The van der Waals surface area contributed by atoms with Gasteiger partial charge in [-0.3, -0.25) is 20.4 Å². The summed E-state index contributed by atoms with van der Waals surface area (Å²) in [6, 6.07) is 4.06. The molecule has 0 saturated carbocycles. The minimum absolute atomic E-state index is 0.0457. The number of rotatable bonds is 5. The number of halogens is 4. The predicted molar refractivity (Wildman–Crippen MR) is 99.6 cm³/mol. The SMILES string of the molecule is O=C(NNC(=O)c1cccs1)C1=NOC(CNc2ncc(C(F)(F)F)cc2Cl)C1. The first-order chi connectivity index (χ1) is 13.7. The van der Waals surface area contributed by atoms with Crippen LogP contribution in [0.1, 0.15) is 21.7 Å². The van der Waals surface area contributed by atoms with Crippen LogP contribution in [0, 0.1) is 0 Å². The number of hydrogen-bond acceptors (Lipinski definition) is 7. The molecule has 8 nitrogen and oxygen atoms in total. The summed E-state index contributed by atoms with van der Waals surface area (Å²) >= 11 is 7.03. The van der Waals surface area contributed by atoms with Crippen LogP contribution in [0.15, 0.2) is 34.9 Å². The summed E-state index contributed by atoms with van der Waals surface area (Å²) in [7, 11) is 0. The van der Waals surface area contributed by atoms with Crippen molar-refractivity contribution in [2.24, 2.45) is 5.16 Å². The molecule has 3 heterocycles. The van der Waals surface area contributed by atoms with Gasteiger partial charge in [0.2, 0.25) is 0 Å². The maximum absolute atomic E-state index is 12.6. The molecule has 2 aromatic heterocycles. The van der Waals surface area contributed by atoms with Crippen molar-refractivity contribution in [2.75, 3.05) is 11.9 Å². The molecule has 1 aliphatic heterocycles. The third kappa shape index (κ3) is 5.35. The van der Waals surface area contributed by atoms with Crippen molar-refractivity contribution in [3.8, 4) is 0 Å². The number of amides is 2. The highest BCUT2D eigenvalue weighted by molar-refractivity contribution is 7.12. The Hall–Kier alpha value is -2.86. The molecule has 29 heavy (non-hydrogen) atoms. The molecule has 2 aromatic rings. The lowest BCUT2D eigenvalue weighted by molar-refractivity contribution is -0.137. The Kier molecular flexibility index (Phi) is 6.23. The van der Waals surface area contributed by atoms with E-state index >= 15 is 0 Å². The summed E-state index contributed by atoms with van der Waals surface area (Å²) in [6.45, 7) is 0.0971. The lowest BCUT2D eigenvalue weighted by Gasteiger charge is -2.13. The first-order valence-corrected chi connectivity index (χ1v) is 9.33. The molecule has 0 radical (unpaired) electrons. The van der Waals surface area contributed by atoms with Crippen molar-refractivity contribution in [3.05, 3.63) is 45.2 Å². The number of oxime groups is 1. The average molecular weight is 448 g/mol. The molecule has 0 fully saturated rings. The van der Waals surface area contributed by atoms with Crippen LogP contribution in [0.4, 0.5) is 19.0 Å². The summed E-state index contributed by atoms with van der Waals surface area (Å²) in [6.07, 6.45) is -4.33. The Morgan fingerprint density at radius 1 is 1.31 bits per heavy atom. The Balaban J connectivity index is 1.46. The lowest BCUT2D eigenvalue weighted by atomic mass is 10.1. The van der Waals surface area contributed by atoms with E-state index in [-0.39, 0.29) is 29.5 Å². The molecular formula is C16H13ClF3N5O3S. The zero-order valence-corrected chi connectivity index (χ0v) is 16.0. The first-order valence-electron chi connectivity index (χ1n) is 8.07. The smallest absolute Gasteiger partial charge is 0.390 e. The second-order valence-corrected chi connectivity index (χ2v) is 7.14. The van der Waals surface area contributed by atoms with E-state index in [1.165, 1.54) is 11.3 Å². The minimum atomic E-state index is -4.54. The third-order valence-corrected chi connectivity index (χ3v) is 4.85. The minimum Gasteiger partial charge on any atom is -0.390 e. The second kappa shape index (κ2) is 8.66. The van der Waals surface area contributed by atoms with Crippen molar-refractivity contribution in [2.45, 2.75) is 18.7 Å². The number of hydrazine groups is 1. The Morgan fingerprint density at radius 2 is 2.07 bits per heavy atom. The number of nitrogens with one attached hydrogen (secondary N) is 3. The van der Waals surface area contributed by atoms with Gasteiger partial charge in [0.25, 0.3) is 11.8 Å². The normalized spacial score (nSPS) is 16.0.